The van der Waals surface area contributed by atoms with Crippen LogP contribution in [0.25, 0.3) is 0 Å². The first-order valence-electron chi connectivity index (χ1n) is 6.97. The molecule has 0 spiro atoms. The third-order valence-electron chi connectivity index (χ3n) is 4.40. The number of nitrogens with one attached hydrogen (secondary N) is 1. The van der Waals surface area contributed by atoms with E-state index in [1.807, 2.05) is 24.3 Å². The van der Waals surface area contributed by atoms with Crippen molar-refractivity contribution in [2.24, 2.45) is 11.8 Å². The molecule has 1 fully saturated rings. The van der Waals surface area contributed by atoms with E-state index in [1.54, 1.807) is 0 Å². The number of hydrogen-bond acceptors (Lipinski definition) is 2. The summed E-state index contributed by atoms with van der Waals surface area (Å²) in [5.74, 6) is 1.68. The van der Waals surface area contributed by atoms with Gasteiger partial charge in [-0.05, 0) is 42.4 Å². The predicted molar refractivity (Wildman–Crippen MR) is 74.0 cm³/mol. The van der Waals surface area contributed by atoms with Gasteiger partial charge in [0.1, 0.15) is 0 Å². The molecule has 0 saturated heterocycles. The molecule has 0 radical (unpaired) electrons. The molecule has 1 aliphatic carbocycles. The largest absolute Gasteiger partial charge is 0.310 e. The van der Waals surface area contributed by atoms with E-state index in [9.17, 15) is 0 Å². The maximum absolute atomic E-state index is 8.76. The summed E-state index contributed by atoms with van der Waals surface area (Å²) in [5.41, 5.74) is 2.00. The summed E-state index contributed by atoms with van der Waals surface area (Å²) in [4.78, 5) is 0. The standard InChI is InChI=1S/C16H22N2/c1-3-15-8-9-16(12(15)2)18-11-14-6-4-13(10-17)5-7-14/h4-7,12,15-16,18H,3,8-9,11H2,1-2H3. The third kappa shape index (κ3) is 2.91. The van der Waals surface area contributed by atoms with Gasteiger partial charge in [-0.2, -0.15) is 5.26 Å². The fourth-order valence-corrected chi connectivity index (χ4v) is 3.06. The average molecular weight is 242 g/mol. The molecule has 1 aromatic carbocycles. The summed E-state index contributed by atoms with van der Waals surface area (Å²) in [7, 11) is 0. The Labute approximate surface area is 110 Å². The minimum absolute atomic E-state index is 0.658. The molecule has 1 N–H and O–H groups in total. The predicted octanol–water partition coefficient (Wildman–Crippen LogP) is 3.47. The Bertz CT molecular complexity index is 416. The van der Waals surface area contributed by atoms with Gasteiger partial charge in [0.2, 0.25) is 0 Å². The van der Waals surface area contributed by atoms with Gasteiger partial charge >= 0.3 is 0 Å². The minimum Gasteiger partial charge on any atom is -0.310 e. The second kappa shape index (κ2) is 6.02. The first kappa shape index (κ1) is 13.1. The summed E-state index contributed by atoms with van der Waals surface area (Å²) in [6, 6.07) is 10.7. The first-order valence-corrected chi connectivity index (χ1v) is 6.97. The quantitative estimate of drug-likeness (QED) is 0.877. The van der Waals surface area contributed by atoms with Crippen molar-refractivity contribution in [3.8, 4) is 6.07 Å². The molecule has 18 heavy (non-hydrogen) atoms. The smallest absolute Gasteiger partial charge is 0.0991 e. The fourth-order valence-electron chi connectivity index (χ4n) is 3.06. The average Bonchev–Trinajstić information content (AvgIpc) is 2.77. The van der Waals surface area contributed by atoms with Gasteiger partial charge in [-0.3, -0.25) is 0 Å². The van der Waals surface area contributed by atoms with Gasteiger partial charge in [0, 0.05) is 12.6 Å². The van der Waals surface area contributed by atoms with E-state index >= 15 is 0 Å². The van der Waals surface area contributed by atoms with Crippen LogP contribution in [0.15, 0.2) is 24.3 Å². The van der Waals surface area contributed by atoms with Gasteiger partial charge < -0.3 is 5.32 Å². The lowest BCUT2D eigenvalue weighted by Gasteiger charge is -2.21. The molecule has 1 saturated carbocycles. The Balaban J connectivity index is 1.86. The maximum atomic E-state index is 8.76. The monoisotopic (exact) mass is 242 g/mol. The Morgan fingerprint density at radius 1 is 1.28 bits per heavy atom. The summed E-state index contributed by atoms with van der Waals surface area (Å²) < 4.78 is 0. The second-order valence-corrected chi connectivity index (χ2v) is 5.40. The van der Waals surface area contributed by atoms with Crippen LogP contribution in [0.2, 0.25) is 0 Å². The summed E-state index contributed by atoms with van der Waals surface area (Å²) in [6.07, 6.45) is 3.97. The van der Waals surface area contributed by atoms with Crippen molar-refractivity contribution < 1.29 is 0 Å². The van der Waals surface area contributed by atoms with Gasteiger partial charge in [-0.1, -0.05) is 32.4 Å². The third-order valence-corrected chi connectivity index (χ3v) is 4.40. The van der Waals surface area contributed by atoms with Crippen LogP contribution in [0, 0.1) is 23.2 Å². The highest BCUT2D eigenvalue weighted by Crippen LogP contribution is 2.33. The molecular weight excluding hydrogens is 220 g/mol. The molecule has 2 nitrogen and oxygen atoms in total. The molecule has 1 aliphatic rings. The Morgan fingerprint density at radius 2 is 2.00 bits per heavy atom. The van der Waals surface area contributed by atoms with E-state index < -0.39 is 0 Å². The van der Waals surface area contributed by atoms with Crippen LogP contribution in [0.5, 0.6) is 0 Å². The molecular formula is C16H22N2. The normalized spacial score (nSPS) is 27.1. The Kier molecular flexibility index (Phi) is 4.38. The van der Waals surface area contributed by atoms with Crippen LogP contribution < -0.4 is 5.32 Å². The van der Waals surface area contributed by atoms with Gasteiger partial charge in [0.15, 0.2) is 0 Å². The molecule has 3 unspecified atom stereocenters. The van der Waals surface area contributed by atoms with Crippen molar-refractivity contribution in [1.29, 1.82) is 5.26 Å². The van der Waals surface area contributed by atoms with E-state index in [-0.39, 0.29) is 0 Å². The summed E-state index contributed by atoms with van der Waals surface area (Å²) in [6.45, 7) is 5.58. The number of benzene rings is 1. The summed E-state index contributed by atoms with van der Waals surface area (Å²) in [5, 5.41) is 12.4. The molecule has 3 atom stereocenters. The van der Waals surface area contributed by atoms with E-state index in [0.717, 1.165) is 23.9 Å². The lowest BCUT2D eigenvalue weighted by atomic mass is 9.93. The molecule has 0 bridgehead atoms. The molecule has 96 valence electrons. The van der Waals surface area contributed by atoms with Crippen LogP contribution in [-0.4, -0.2) is 6.04 Å². The second-order valence-electron chi connectivity index (χ2n) is 5.40. The minimum atomic E-state index is 0.658. The van der Waals surface area contributed by atoms with Crippen molar-refractivity contribution in [2.45, 2.75) is 45.7 Å². The van der Waals surface area contributed by atoms with Crippen molar-refractivity contribution in [3.63, 3.8) is 0 Å². The van der Waals surface area contributed by atoms with E-state index in [0.29, 0.717) is 6.04 Å². The number of rotatable bonds is 4. The maximum Gasteiger partial charge on any atom is 0.0991 e. The van der Waals surface area contributed by atoms with Crippen LogP contribution >= 0.6 is 0 Å². The molecule has 0 amide bonds. The van der Waals surface area contributed by atoms with Crippen molar-refractivity contribution in [3.05, 3.63) is 35.4 Å². The lowest BCUT2D eigenvalue weighted by molar-refractivity contribution is 0.344. The van der Waals surface area contributed by atoms with Crippen molar-refractivity contribution >= 4 is 0 Å². The highest BCUT2D eigenvalue weighted by Gasteiger charge is 2.30. The van der Waals surface area contributed by atoms with E-state index in [4.69, 9.17) is 5.26 Å². The molecule has 1 aromatic rings. The van der Waals surface area contributed by atoms with Crippen LogP contribution in [0.3, 0.4) is 0 Å². The van der Waals surface area contributed by atoms with Gasteiger partial charge in [0.05, 0.1) is 11.6 Å². The van der Waals surface area contributed by atoms with Crippen LogP contribution in [-0.2, 0) is 6.54 Å². The van der Waals surface area contributed by atoms with Crippen molar-refractivity contribution in [1.82, 2.24) is 5.32 Å². The highest BCUT2D eigenvalue weighted by atomic mass is 14.9. The zero-order chi connectivity index (χ0) is 13.0. The molecule has 2 rings (SSSR count). The Morgan fingerprint density at radius 3 is 2.56 bits per heavy atom. The summed E-state index contributed by atoms with van der Waals surface area (Å²) >= 11 is 0. The van der Waals surface area contributed by atoms with Gasteiger partial charge in [-0.25, -0.2) is 0 Å². The Hall–Kier alpha value is -1.33. The number of nitrogens with zero attached hydrogens (tertiary/aromatic N) is 1. The highest BCUT2D eigenvalue weighted by molar-refractivity contribution is 5.31. The lowest BCUT2D eigenvalue weighted by Crippen LogP contribution is -2.32. The SMILES string of the molecule is CCC1CCC(NCc2ccc(C#N)cc2)C1C. The topological polar surface area (TPSA) is 35.8 Å². The number of hydrogen-bond donors (Lipinski definition) is 1. The van der Waals surface area contributed by atoms with Crippen LogP contribution in [0.1, 0.15) is 44.2 Å². The van der Waals surface area contributed by atoms with E-state index in [2.05, 4.69) is 25.2 Å². The zero-order valence-electron chi connectivity index (χ0n) is 11.3. The molecule has 0 heterocycles. The fraction of sp³-hybridized carbons (Fsp3) is 0.562. The van der Waals surface area contributed by atoms with Crippen LogP contribution in [0.4, 0.5) is 0 Å². The van der Waals surface area contributed by atoms with Gasteiger partial charge in [0.25, 0.3) is 0 Å². The zero-order valence-corrected chi connectivity index (χ0v) is 11.3. The van der Waals surface area contributed by atoms with Crippen molar-refractivity contribution in [2.75, 3.05) is 0 Å². The van der Waals surface area contributed by atoms with Gasteiger partial charge in [-0.15, -0.1) is 0 Å². The molecule has 0 aromatic heterocycles. The first-order chi connectivity index (χ1) is 8.74. The number of nitriles is 1. The molecule has 2 heteroatoms. The van der Waals surface area contributed by atoms with E-state index in [1.165, 1.54) is 24.8 Å². The molecule has 0 aliphatic heterocycles.